The molecule has 1 aromatic carbocycles. The number of nitrogens with zero attached hydrogens (tertiary/aromatic N) is 4. The lowest BCUT2D eigenvalue weighted by atomic mass is 9.84. The molecule has 0 unspecified atom stereocenters. The van der Waals surface area contributed by atoms with Crippen LogP contribution < -0.4 is 10.2 Å². The molecule has 2 fully saturated rings. The van der Waals surface area contributed by atoms with E-state index in [0.29, 0.717) is 22.8 Å². The van der Waals surface area contributed by atoms with Crippen molar-refractivity contribution in [2.75, 3.05) is 24.5 Å². The number of fused-ring (bicyclic) bond motifs is 1. The quantitative estimate of drug-likeness (QED) is 0.603. The number of carbonyl (C=O) groups is 3. The van der Waals surface area contributed by atoms with E-state index in [9.17, 15) is 14.4 Å². The van der Waals surface area contributed by atoms with E-state index in [2.05, 4.69) is 21.4 Å². The first-order chi connectivity index (χ1) is 18.0. The lowest BCUT2D eigenvalue weighted by Crippen LogP contribution is -2.49. The van der Waals surface area contributed by atoms with Crippen molar-refractivity contribution in [1.82, 2.24) is 20.0 Å². The minimum atomic E-state index is -0.541. The maximum Gasteiger partial charge on any atom is 0.329 e. The Morgan fingerprint density at radius 3 is 2.47 bits per heavy atom. The maximum absolute atomic E-state index is 15.4. The number of urea groups is 1. The van der Waals surface area contributed by atoms with Crippen LogP contribution in [0.2, 0.25) is 0 Å². The third-order valence-corrected chi connectivity index (χ3v) is 7.77. The average Bonchev–Trinajstić information content (AvgIpc) is 3.17. The summed E-state index contributed by atoms with van der Waals surface area (Å²) in [4.78, 5) is 40.1. The van der Waals surface area contributed by atoms with Crippen LogP contribution in [0.15, 0.2) is 18.2 Å². The van der Waals surface area contributed by atoms with E-state index in [0.717, 1.165) is 56.3 Å². The summed E-state index contributed by atoms with van der Waals surface area (Å²) in [7, 11) is 1.77. The molecule has 0 atom stereocenters. The van der Waals surface area contributed by atoms with Crippen LogP contribution in [0.5, 0.6) is 0 Å². The van der Waals surface area contributed by atoms with E-state index in [1.165, 1.54) is 11.0 Å². The third-order valence-electron chi connectivity index (χ3n) is 7.77. The Balaban J connectivity index is 1.27. The number of anilines is 1. The first kappa shape index (κ1) is 26.3. The molecule has 2 aliphatic heterocycles. The second-order valence-corrected chi connectivity index (χ2v) is 11.6. The van der Waals surface area contributed by atoms with Gasteiger partial charge in [0.2, 0.25) is 5.91 Å². The van der Waals surface area contributed by atoms with E-state index in [1.54, 1.807) is 11.7 Å². The highest BCUT2D eigenvalue weighted by molar-refractivity contribution is 6.09. The summed E-state index contributed by atoms with van der Waals surface area (Å²) < 4.78 is 22.6. The molecule has 1 aromatic heterocycles. The number of aryl methyl sites for hydroxylation is 1. The summed E-state index contributed by atoms with van der Waals surface area (Å²) in [5, 5.41) is 7.31. The number of aromatic nitrogens is 2. The number of esters is 1. The van der Waals surface area contributed by atoms with Gasteiger partial charge in [-0.2, -0.15) is 5.10 Å². The number of hydrogen-bond donors (Lipinski definition) is 1. The zero-order chi connectivity index (χ0) is 27.2. The molecule has 0 radical (unpaired) electrons. The smallest absolute Gasteiger partial charge is 0.329 e. The monoisotopic (exact) mass is 525 g/mol. The van der Waals surface area contributed by atoms with Crippen molar-refractivity contribution >= 4 is 40.2 Å². The fourth-order valence-electron chi connectivity index (χ4n) is 5.79. The van der Waals surface area contributed by atoms with Crippen molar-refractivity contribution in [3.8, 4) is 0 Å². The maximum atomic E-state index is 15.4. The number of amides is 3. The largest absolute Gasteiger partial charge is 0.460 e. The second-order valence-electron chi connectivity index (χ2n) is 11.6. The average molecular weight is 526 g/mol. The van der Waals surface area contributed by atoms with Crippen LogP contribution in [-0.2, 0) is 21.4 Å². The molecule has 0 spiro atoms. The number of benzene rings is 1. The molecule has 2 aromatic rings. The van der Waals surface area contributed by atoms with Gasteiger partial charge in [0.05, 0.1) is 11.4 Å². The molecular weight excluding hydrogens is 489 g/mol. The number of nitrogens with one attached hydrogen (secondary N) is 1. The molecule has 10 heteroatoms. The standard InChI is InChI=1S/C28H36FN5O4/c1-28(2,3)38-26(36)18-5-7-19(8-6-18)33-12-9-17(10-13-33)20-16-23-21(15-22(20)29)25(31-32(23)4)34-14-11-24(35)30-27(34)37/h9,15-16,18-19H,5-8,10-14H2,1-4H3,(H,30,35,37). The van der Waals surface area contributed by atoms with E-state index >= 15 is 4.39 Å². The van der Waals surface area contributed by atoms with Gasteiger partial charge in [0, 0.05) is 50.1 Å². The number of rotatable bonds is 4. The van der Waals surface area contributed by atoms with Gasteiger partial charge in [0.1, 0.15) is 11.4 Å². The Bertz CT molecular complexity index is 1300. The van der Waals surface area contributed by atoms with E-state index in [4.69, 9.17) is 4.74 Å². The molecular formula is C28H36FN5O4. The molecule has 1 saturated carbocycles. The molecule has 1 aliphatic carbocycles. The fourth-order valence-corrected chi connectivity index (χ4v) is 5.79. The van der Waals surface area contributed by atoms with Gasteiger partial charge < -0.3 is 4.74 Å². The number of carbonyl (C=O) groups excluding carboxylic acids is 3. The fraction of sp³-hybridized carbons (Fsp3) is 0.571. The number of imide groups is 1. The zero-order valence-electron chi connectivity index (χ0n) is 22.6. The molecule has 3 amide bonds. The van der Waals surface area contributed by atoms with Gasteiger partial charge in [0.15, 0.2) is 5.82 Å². The molecule has 9 nitrogen and oxygen atoms in total. The molecule has 1 saturated heterocycles. The van der Waals surface area contributed by atoms with Crippen molar-refractivity contribution in [2.45, 2.75) is 70.9 Å². The van der Waals surface area contributed by atoms with Gasteiger partial charge in [-0.1, -0.05) is 6.08 Å². The SMILES string of the molecule is Cn1nc(N2CCC(=O)NC2=O)c2cc(F)c(C3=CCN(C4CCC(C(=O)OC(C)(C)C)CC4)CC3)cc21. The second kappa shape index (κ2) is 10.1. The highest BCUT2D eigenvalue weighted by Crippen LogP contribution is 2.35. The first-order valence-corrected chi connectivity index (χ1v) is 13.4. The summed E-state index contributed by atoms with van der Waals surface area (Å²) in [6.07, 6.45) is 6.61. The molecule has 0 bridgehead atoms. The Morgan fingerprint density at radius 1 is 1.11 bits per heavy atom. The van der Waals surface area contributed by atoms with E-state index in [1.807, 2.05) is 26.8 Å². The summed E-state index contributed by atoms with van der Waals surface area (Å²) >= 11 is 0. The number of ether oxygens (including phenoxy) is 1. The summed E-state index contributed by atoms with van der Waals surface area (Å²) in [5.74, 6) is -0.436. The van der Waals surface area contributed by atoms with Crippen molar-refractivity contribution in [2.24, 2.45) is 13.0 Å². The minimum absolute atomic E-state index is 0.0255. The van der Waals surface area contributed by atoms with Crippen LogP contribution in [0.3, 0.4) is 0 Å². The Kier molecular flexibility index (Phi) is 7.02. The lowest BCUT2D eigenvalue weighted by molar-refractivity contribution is -0.161. The summed E-state index contributed by atoms with van der Waals surface area (Å²) in [5.41, 5.74) is 1.79. The molecule has 3 heterocycles. The van der Waals surface area contributed by atoms with Crippen LogP contribution in [0, 0.1) is 11.7 Å². The summed E-state index contributed by atoms with van der Waals surface area (Å²) in [6.45, 7) is 7.49. The van der Waals surface area contributed by atoms with Crippen molar-refractivity contribution in [1.29, 1.82) is 0 Å². The van der Waals surface area contributed by atoms with Crippen LogP contribution in [-0.4, -0.2) is 63.9 Å². The predicted octanol–water partition coefficient (Wildman–Crippen LogP) is 4.15. The van der Waals surface area contributed by atoms with Gasteiger partial charge in [-0.25, -0.2) is 9.18 Å². The normalized spacial score (nSPS) is 23.4. The molecule has 38 heavy (non-hydrogen) atoms. The van der Waals surface area contributed by atoms with Crippen molar-refractivity contribution in [3.63, 3.8) is 0 Å². The molecule has 5 rings (SSSR count). The van der Waals surface area contributed by atoms with Gasteiger partial charge in [0.25, 0.3) is 0 Å². The molecule has 1 N–H and O–H groups in total. The van der Waals surface area contributed by atoms with Crippen molar-refractivity contribution < 1.29 is 23.5 Å². The van der Waals surface area contributed by atoms with Crippen LogP contribution in [0.1, 0.15) is 64.9 Å². The Hall–Kier alpha value is -3.27. The number of hydrogen-bond acceptors (Lipinski definition) is 6. The van der Waals surface area contributed by atoms with Crippen molar-refractivity contribution in [3.05, 3.63) is 29.6 Å². The minimum Gasteiger partial charge on any atom is -0.460 e. The molecule has 3 aliphatic rings. The van der Waals surface area contributed by atoms with Gasteiger partial charge in [-0.15, -0.1) is 0 Å². The zero-order valence-corrected chi connectivity index (χ0v) is 22.6. The predicted molar refractivity (Wildman–Crippen MR) is 142 cm³/mol. The van der Waals surface area contributed by atoms with Gasteiger partial charge in [-0.3, -0.25) is 29.4 Å². The van der Waals surface area contributed by atoms with E-state index < -0.39 is 11.6 Å². The topological polar surface area (TPSA) is 96.8 Å². The third kappa shape index (κ3) is 5.32. The summed E-state index contributed by atoms with van der Waals surface area (Å²) in [6, 6.07) is 3.13. The first-order valence-electron chi connectivity index (χ1n) is 13.4. The highest BCUT2D eigenvalue weighted by Gasteiger charge is 2.33. The Morgan fingerprint density at radius 2 is 1.84 bits per heavy atom. The Labute approximate surface area is 222 Å². The van der Waals surface area contributed by atoms with Gasteiger partial charge >= 0.3 is 12.0 Å². The van der Waals surface area contributed by atoms with Crippen LogP contribution in [0.25, 0.3) is 16.5 Å². The molecule has 204 valence electrons. The highest BCUT2D eigenvalue weighted by atomic mass is 19.1. The van der Waals surface area contributed by atoms with Crippen LogP contribution >= 0.6 is 0 Å². The van der Waals surface area contributed by atoms with E-state index in [-0.39, 0.29) is 36.6 Å². The number of halogens is 1. The van der Waals surface area contributed by atoms with Gasteiger partial charge in [-0.05, 0) is 70.6 Å². The lowest BCUT2D eigenvalue weighted by Gasteiger charge is -2.38. The van der Waals surface area contributed by atoms with Crippen LogP contribution in [0.4, 0.5) is 15.0 Å².